The van der Waals surface area contributed by atoms with E-state index in [4.69, 9.17) is 5.26 Å². The van der Waals surface area contributed by atoms with Crippen molar-refractivity contribution in [3.63, 3.8) is 0 Å². The van der Waals surface area contributed by atoms with Gasteiger partial charge in [-0.1, -0.05) is 0 Å². The van der Waals surface area contributed by atoms with Gasteiger partial charge in [-0.2, -0.15) is 5.26 Å². The van der Waals surface area contributed by atoms with E-state index < -0.39 is 5.92 Å². The van der Waals surface area contributed by atoms with Crippen LogP contribution in [0.1, 0.15) is 24.8 Å². The van der Waals surface area contributed by atoms with Gasteiger partial charge in [0.05, 0.1) is 18.4 Å². The fraction of sp³-hybridized carbons (Fsp3) is 0.400. The smallest absolute Gasteiger partial charge is 0.237 e. The SMILES string of the molecule is Cc1cc(F)ccc1N1CCCC(C(=O)CC#N)C1=O. The van der Waals surface area contributed by atoms with E-state index in [9.17, 15) is 14.0 Å². The lowest BCUT2D eigenvalue weighted by Crippen LogP contribution is -2.44. The summed E-state index contributed by atoms with van der Waals surface area (Å²) in [5, 5.41) is 8.57. The Kier molecular flexibility index (Phi) is 4.14. The summed E-state index contributed by atoms with van der Waals surface area (Å²) in [7, 11) is 0. The van der Waals surface area contributed by atoms with Gasteiger partial charge in [-0.3, -0.25) is 9.59 Å². The highest BCUT2D eigenvalue weighted by molar-refractivity contribution is 6.09. The van der Waals surface area contributed by atoms with Crippen molar-refractivity contribution in [2.45, 2.75) is 26.2 Å². The summed E-state index contributed by atoms with van der Waals surface area (Å²) in [6, 6.07) is 6.01. The number of nitrogens with zero attached hydrogens (tertiary/aromatic N) is 2. The number of hydrogen-bond acceptors (Lipinski definition) is 3. The van der Waals surface area contributed by atoms with Crippen LogP contribution in [-0.4, -0.2) is 18.2 Å². The Morgan fingerprint density at radius 3 is 2.95 bits per heavy atom. The Balaban J connectivity index is 2.26. The highest BCUT2D eigenvalue weighted by Gasteiger charge is 2.34. The van der Waals surface area contributed by atoms with Crippen LogP contribution in [0.2, 0.25) is 0 Å². The molecule has 0 aliphatic carbocycles. The lowest BCUT2D eigenvalue weighted by molar-refractivity contribution is -0.133. The van der Waals surface area contributed by atoms with Crippen LogP contribution in [0, 0.1) is 30.0 Å². The van der Waals surface area contributed by atoms with Gasteiger partial charge >= 0.3 is 0 Å². The van der Waals surface area contributed by atoms with E-state index in [0.29, 0.717) is 30.6 Å². The molecule has 0 spiro atoms. The van der Waals surface area contributed by atoms with Crippen LogP contribution in [0.15, 0.2) is 18.2 Å². The van der Waals surface area contributed by atoms with Gasteiger partial charge < -0.3 is 4.90 Å². The topological polar surface area (TPSA) is 61.2 Å². The molecule has 5 heteroatoms. The molecule has 1 saturated heterocycles. The molecule has 104 valence electrons. The van der Waals surface area contributed by atoms with Crippen LogP contribution >= 0.6 is 0 Å². The second-order valence-corrected chi connectivity index (χ2v) is 4.92. The van der Waals surface area contributed by atoms with Crippen LogP contribution in [0.5, 0.6) is 0 Å². The molecule has 1 heterocycles. The lowest BCUT2D eigenvalue weighted by atomic mass is 9.91. The number of carbonyl (C=O) groups is 2. The standard InChI is InChI=1S/C15H15FN2O2/c1-10-9-11(16)4-5-13(10)18-8-2-3-12(15(18)20)14(19)6-7-17/h4-5,9,12H,2-3,6,8H2,1H3. The molecule has 1 unspecified atom stereocenters. The number of carbonyl (C=O) groups excluding carboxylic acids is 2. The van der Waals surface area contributed by atoms with E-state index in [1.165, 1.54) is 17.0 Å². The normalized spacial score (nSPS) is 18.8. The van der Waals surface area contributed by atoms with Crippen molar-refractivity contribution in [1.29, 1.82) is 5.26 Å². The predicted octanol–water partition coefficient (Wildman–Crippen LogP) is 2.36. The third-order valence-corrected chi connectivity index (χ3v) is 3.53. The van der Waals surface area contributed by atoms with E-state index in [1.54, 1.807) is 19.1 Å². The molecule has 4 nitrogen and oxygen atoms in total. The first-order valence-electron chi connectivity index (χ1n) is 6.52. The zero-order chi connectivity index (χ0) is 14.7. The molecule has 0 saturated carbocycles. The first-order chi connectivity index (χ1) is 9.54. The largest absolute Gasteiger partial charge is 0.312 e. The number of anilines is 1. The minimum atomic E-state index is -0.743. The lowest BCUT2D eigenvalue weighted by Gasteiger charge is -2.32. The number of nitriles is 1. The van der Waals surface area contributed by atoms with Gasteiger partial charge in [0.15, 0.2) is 5.78 Å². The Hall–Kier alpha value is -2.22. The van der Waals surface area contributed by atoms with Crippen LogP contribution in [0.25, 0.3) is 0 Å². The summed E-state index contributed by atoms with van der Waals surface area (Å²) in [5.74, 6) is -1.71. The number of benzene rings is 1. The summed E-state index contributed by atoms with van der Waals surface area (Å²) in [6.45, 7) is 2.24. The molecule has 1 fully saturated rings. The molecule has 1 aromatic rings. The molecule has 0 bridgehead atoms. The van der Waals surface area contributed by atoms with Crippen molar-refractivity contribution in [3.8, 4) is 6.07 Å². The Morgan fingerprint density at radius 2 is 2.30 bits per heavy atom. The van der Waals surface area contributed by atoms with E-state index in [-0.39, 0.29) is 23.9 Å². The van der Waals surface area contributed by atoms with Crippen molar-refractivity contribution in [2.75, 3.05) is 11.4 Å². The predicted molar refractivity (Wildman–Crippen MR) is 71.5 cm³/mol. The summed E-state index contributed by atoms with van der Waals surface area (Å²) in [5.41, 5.74) is 1.29. The van der Waals surface area contributed by atoms with Crippen LogP contribution in [0.3, 0.4) is 0 Å². The Bertz CT molecular complexity index is 592. The third-order valence-electron chi connectivity index (χ3n) is 3.53. The first kappa shape index (κ1) is 14.2. The summed E-state index contributed by atoms with van der Waals surface area (Å²) < 4.78 is 13.1. The molecule has 0 N–H and O–H groups in total. The zero-order valence-corrected chi connectivity index (χ0v) is 11.2. The molecule has 20 heavy (non-hydrogen) atoms. The summed E-state index contributed by atoms with van der Waals surface area (Å²) in [4.78, 5) is 25.7. The average molecular weight is 274 g/mol. The third kappa shape index (κ3) is 2.69. The number of aryl methyl sites for hydroxylation is 1. The van der Waals surface area contributed by atoms with Gasteiger partial charge in [0, 0.05) is 12.2 Å². The summed E-state index contributed by atoms with van der Waals surface area (Å²) in [6.07, 6.45) is 0.938. The van der Waals surface area contributed by atoms with Gasteiger partial charge in [-0.25, -0.2) is 4.39 Å². The number of piperidine rings is 1. The second kappa shape index (κ2) is 5.83. The van der Waals surface area contributed by atoms with Gasteiger partial charge in [0.1, 0.15) is 5.82 Å². The maximum Gasteiger partial charge on any atom is 0.237 e. The number of halogens is 1. The number of amides is 1. The molecule has 1 atom stereocenters. The van der Waals surface area contributed by atoms with Crippen molar-refractivity contribution >= 4 is 17.4 Å². The number of ketones is 1. The molecule has 1 aliphatic heterocycles. The number of Topliss-reactive ketones (excluding diaryl/α,β-unsaturated/α-hetero) is 1. The van der Waals surface area contributed by atoms with Crippen LogP contribution in [-0.2, 0) is 9.59 Å². The molecule has 2 rings (SSSR count). The highest BCUT2D eigenvalue weighted by atomic mass is 19.1. The van der Waals surface area contributed by atoms with Crippen molar-refractivity contribution in [3.05, 3.63) is 29.6 Å². The fourth-order valence-corrected chi connectivity index (χ4v) is 2.54. The van der Waals surface area contributed by atoms with E-state index in [0.717, 1.165) is 0 Å². The Labute approximate surface area is 116 Å². The molecule has 1 aromatic carbocycles. The molecule has 1 amide bonds. The van der Waals surface area contributed by atoms with E-state index in [1.807, 2.05) is 0 Å². The zero-order valence-electron chi connectivity index (χ0n) is 11.2. The number of hydrogen-bond donors (Lipinski definition) is 0. The molecular formula is C15H15FN2O2. The second-order valence-electron chi connectivity index (χ2n) is 4.92. The summed E-state index contributed by atoms with van der Waals surface area (Å²) >= 11 is 0. The van der Waals surface area contributed by atoms with Gasteiger partial charge in [0.25, 0.3) is 0 Å². The quantitative estimate of drug-likeness (QED) is 0.795. The van der Waals surface area contributed by atoms with Crippen molar-refractivity contribution in [2.24, 2.45) is 5.92 Å². The molecule has 0 radical (unpaired) electrons. The maximum absolute atomic E-state index is 13.1. The van der Waals surface area contributed by atoms with Gasteiger partial charge in [-0.05, 0) is 43.5 Å². The maximum atomic E-state index is 13.1. The van der Waals surface area contributed by atoms with E-state index >= 15 is 0 Å². The highest BCUT2D eigenvalue weighted by Crippen LogP contribution is 2.28. The molecule has 0 aromatic heterocycles. The van der Waals surface area contributed by atoms with Crippen LogP contribution in [0.4, 0.5) is 10.1 Å². The van der Waals surface area contributed by atoms with Gasteiger partial charge in [-0.15, -0.1) is 0 Å². The van der Waals surface area contributed by atoms with E-state index in [2.05, 4.69) is 0 Å². The number of rotatable bonds is 3. The molecule has 1 aliphatic rings. The monoisotopic (exact) mass is 274 g/mol. The van der Waals surface area contributed by atoms with Crippen molar-refractivity contribution < 1.29 is 14.0 Å². The molecular weight excluding hydrogens is 259 g/mol. The average Bonchev–Trinajstić information content (AvgIpc) is 2.40. The Morgan fingerprint density at radius 1 is 1.55 bits per heavy atom. The van der Waals surface area contributed by atoms with Gasteiger partial charge in [0.2, 0.25) is 5.91 Å². The fourth-order valence-electron chi connectivity index (χ4n) is 2.54. The van der Waals surface area contributed by atoms with Crippen LogP contribution < -0.4 is 4.90 Å². The minimum absolute atomic E-state index is 0.243. The first-order valence-corrected chi connectivity index (χ1v) is 6.52. The minimum Gasteiger partial charge on any atom is -0.312 e. The van der Waals surface area contributed by atoms with Crippen molar-refractivity contribution in [1.82, 2.24) is 0 Å².